The summed E-state index contributed by atoms with van der Waals surface area (Å²) in [6.07, 6.45) is 3.42. The first-order valence-corrected chi connectivity index (χ1v) is 5.54. The normalized spacial score (nSPS) is 10.3. The van der Waals surface area contributed by atoms with E-state index >= 15 is 0 Å². The lowest BCUT2D eigenvalue weighted by atomic mass is 10.3. The fourth-order valence-electron chi connectivity index (χ4n) is 1.38. The van der Waals surface area contributed by atoms with Crippen molar-refractivity contribution >= 4 is 17.4 Å². The quantitative estimate of drug-likeness (QED) is 0.845. The van der Waals surface area contributed by atoms with Gasteiger partial charge in [-0.15, -0.1) is 0 Å². The summed E-state index contributed by atoms with van der Waals surface area (Å²) in [7, 11) is 0. The lowest BCUT2D eigenvalue weighted by Crippen LogP contribution is -2.06. The second-order valence-corrected chi connectivity index (χ2v) is 3.96. The van der Waals surface area contributed by atoms with E-state index in [1.54, 1.807) is 12.4 Å². The van der Waals surface area contributed by atoms with Crippen LogP contribution in [0.15, 0.2) is 18.5 Å². The van der Waals surface area contributed by atoms with E-state index in [-0.39, 0.29) is 5.28 Å². The molecule has 0 saturated heterocycles. The van der Waals surface area contributed by atoms with Crippen LogP contribution in [0.25, 0.3) is 0 Å². The molecule has 6 heteroatoms. The van der Waals surface area contributed by atoms with E-state index in [0.717, 1.165) is 22.9 Å². The van der Waals surface area contributed by atoms with E-state index in [9.17, 15) is 0 Å². The minimum Gasteiger partial charge on any atom is -0.364 e. The zero-order valence-corrected chi connectivity index (χ0v) is 10.4. The van der Waals surface area contributed by atoms with Crippen LogP contribution in [0.2, 0.25) is 5.28 Å². The highest BCUT2D eigenvalue weighted by atomic mass is 35.5. The molecule has 0 unspecified atom stereocenters. The van der Waals surface area contributed by atoms with Crippen molar-refractivity contribution < 1.29 is 0 Å². The highest BCUT2D eigenvalue weighted by molar-refractivity contribution is 6.28. The predicted molar refractivity (Wildman–Crippen MR) is 65.9 cm³/mol. The molecular weight excluding hydrogens is 238 g/mol. The number of rotatable bonds is 3. The molecule has 0 radical (unpaired) electrons. The maximum absolute atomic E-state index is 5.74. The molecule has 1 N–H and O–H groups in total. The van der Waals surface area contributed by atoms with Crippen LogP contribution in [0.3, 0.4) is 0 Å². The van der Waals surface area contributed by atoms with Crippen molar-refractivity contribution in [2.24, 2.45) is 0 Å². The van der Waals surface area contributed by atoms with Gasteiger partial charge in [-0.1, -0.05) is 0 Å². The minimum absolute atomic E-state index is 0.233. The molecular formula is C11H12ClN5. The van der Waals surface area contributed by atoms with Crippen molar-refractivity contribution in [3.63, 3.8) is 0 Å². The zero-order valence-electron chi connectivity index (χ0n) is 9.61. The van der Waals surface area contributed by atoms with Crippen LogP contribution in [-0.2, 0) is 6.54 Å². The molecule has 0 saturated carbocycles. The summed E-state index contributed by atoms with van der Waals surface area (Å²) >= 11 is 5.74. The molecule has 5 nitrogen and oxygen atoms in total. The Hall–Kier alpha value is -1.75. The maximum atomic E-state index is 5.74. The van der Waals surface area contributed by atoms with E-state index in [1.165, 1.54) is 0 Å². The van der Waals surface area contributed by atoms with Gasteiger partial charge in [0, 0.05) is 18.0 Å². The lowest BCUT2D eigenvalue weighted by molar-refractivity contribution is 0.945. The Balaban J connectivity index is 2.09. The monoisotopic (exact) mass is 249 g/mol. The molecule has 0 aliphatic carbocycles. The smallest absolute Gasteiger partial charge is 0.224 e. The Bertz CT molecular complexity index is 529. The van der Waals surface area contributed by atoms with Crippen LogP contribution in [-0.4, -0.2) is 19.9 Å². The van der Waals surface area contributed by atoms with Gasteiger partial charge in [0.1, 0.15) is 11.6 Å². The number of hydrogen-bond donors (Lipinski definition) is 1. The van der Waals surface area contributed by atoms with Gasteiger partial charge >= 0.3 is 0 Å². The summed E-state index contributed by atoms with van der Waals surface area (Å²) in [4.78, 5) is 16.3. The maximum Gasteiger partial charge on any atom is 0.224 e. The third-order valence-corrected chi connectivity index (χ3v) is 2.40. The molecule has 88 valence electrons. The average Bonchev–Trinajstić information content (AvgIpc) is 2.30. The molecule has 0 aliphatic rings. The molecule has 17 heavy (non-hydrogen) atoms. The van der Waals surface area contributed by atoms with E-state index < -0.39 is 0 Å². The van der Waals surface area contributed by atoms with Crippen molar-refractivity contribution in [1.82, 2.24) is 19.9 Å². The number of hydrogen-bond acceptors (Lipinski definition) is 5. The molecule has 2 rings (SSSR count). The second-order valence-electron chi connectivity index (χ2n) is 3.62. The van der Waals surface area contributed by atoms with Crippen LogP contribution in [0.4, 0.5) is 5.82 Å². The first kappa shape index (κ1) is 11.7. The first-order chi connectivity index (χ1) is 8.15. The van der Waals surface area contributed by atoms with Crippen molar-refractivity contribution in [1.29, 1.82) is 0 Å². The third kappa shape index (κ3) is 3.10. The van der Waals surface area contributed by atoms with Gasteiger partial charge in [-0.2, -0.15) is 0 Å². The van der Waals surface area contributed by atoms with Crippen LogP contribution in [0.1, 0.15) is 17.1 Å². The molecule has 0 atom stereocenters. The number of aryl methyl sites for hydroxylation is 2. The van der Waals surface area contributed by atoms with Crippen LogP contribution < -0.4 is 5.32 Å². The van der Waals surface area contributed by atoms with Crippen LogP contribution >= 0.6 is 11.6 Å². The van der Waals surface area contributed by atoms with Gasteiger partial charge in [-0.05, 0) is 31.5 Å². The fraction of sp³-hybridized carbons (Fsp3) is 0.273. The van der Waals surface area contributed by atoms with Crippen LogP contribution in [0, 0.1) is 13.8 Å². The van der Waals surface area contributed by atoms with Crippen LogP contribution in [0.5, 0.6) is 0 Å². The Morgan fingerprint density at radius 3 is 2.82 bits per heavy atom. The Morgan fingerprint density at radius 1 is 1.24 bits per heavy atom. The molecule has 2 aromatic heterocycles. The Kier molecular flexibility index (Phi) is 3.49. The number of halogens is 1. The number of anilines is 1. The summed E-state index contributed by atoms with van der Waals surface area (Å²) in [5, 5.41) is 3.40. The predicted octanol–water partition coefficient (Wildman–Crippen LogP) is 2.15. The summed E-state index contributed by atoms with van der Waals surface area (Å²) in [6, 6.07) is 1.86. The molecule has 0 aromatic carbocycles. The molecule has 0 spiro atoms. The van der Waals surface area contributed by atoms with Gasteiger partial charge in [0.2, 0.25) is 5.28 Å². The highest BCUT2D eigenvalue weighted by Crippen LogP contribution is 2.13. The van der Waals surface area contributed by atoms with E-state index in [4.69, 9.17) is 11.6 Å². The van der Waals surface area contributed by atoms with Crippen molar-refractivity contribution in [3.8, 4) is 0 Å². The molecule has 0 amide bonds. The molecule has 0 bridgehead atoms. The average molecular weight is 250 g/mol. The number of nitrogens with zero attached hydrogens (tertiary/aromatic N) is 4. The highest BCUT2D eigenvalue weighted by Gasteiger charge is 2.02. The van der Waals surface area contributed by atoms with Crippen molar-refractivity contribution in [2.45, 2.75) is 20.4 Å². The Labute approximate surface area is 104 Å². The summed E-state index contributed by atoms with van der Waals surface area (Å²) in [6.45, 7) is 4.36. The van der Waals surface area contributed by atoms with Gasteiger partial charge in [0.15, 0.2) is 0 Å². The van der Waals surface area contributed by atoms with E-state index in [0.29, 0.717) is 6.54 Å². The molecule has 0 fully saturated rings. The van der Waals surface area contributed by atoms with Gasteiger partial charge in [0.05, 0.1) is 12.2 Å². The standard InChI is InChI=1S/C11H12ClN5/c1-7-5-15-11(12)17-10(7)14-6-9-3-4-13-8(2)16-9/h3-5H,6H2,1-2H3,(H,14,15,17). The molecule has 0 aliphatic heterocycles. The largest absolute Gasteiger partial charge is 0.364 e. The van der Waals surface area contributed by atoms with Gasteiger partial charge in [-0.25, -0.2) is 19.9 Å². The number of aromatic nitrogens is 4. The minimum atomic E-state index is 0.233. The lowest BCUT2D eigenvalue weighted by Gasteiger charge is -2.07. The number of nitrogens with one attached hydrogen (secondary N) is 1. The summed E-state index contributed by atoms with van der Waals surface area (Å²) in [5.41, 5.74) is 1.85. The Morgan fingerprint density at radius 2 is 2.06 bits per heavy atom. The topological polar surface area (TPSA) is 63.6 Å². The van der Waals surface area contributed by atoms with Gasteiger partial charge in [-0.3, -0.25) is 0 Å². The van der Waals surface area contributed by atoms with Crippen molar-refractivity contribution in [3.05, 3.63) is 40.8 Å². The molecule has 2 aromatic rings. The summed E-state index contributed by atoms with van der Waals surface area (Å²) in [5.74, 6) is 1.48. The summed E-state index contributed by atoms with van der Waals surface area (Å²) < 4.78 is 0. The SMILES string of the molecule is Cc1nccc(CNc2nc(Cl)ncc2C)n1. The second kappa shape index (κ2) is 5.05. The first-order valence-electron chi connectivity index (χ1n) is 5.16. The molecule has 2 heterocycles. The zero-order chi connectivity index (χ0) is 12.3. The van der Waals surface area contributed by atoms with Crippen molar-refractivity contribution in [2.75, 3.05) is 5.32 Å². The van der Waals surface area contributed by atoms with Gasteiger partial charge < -0.3 is 5.32 Å². The van der Waals surface area contributed by atoms with E-state index in [2.05, 4.69) is 25.3 Å². The van der Waals surface area contributed by atoms with E-state index in [1.807, 2.05) is 19.9 Å². The van der Waals surface area contributed by atoms with Gasteiger partial charge in [0.25, 0.3) is 0 Å². The third-order valence-electron chi connectivity index (χ3n) is 2.21. The fourth-order valence-corrected chi connectivity index (χ4v) is 1.51.